The summed E-state index contributed by atoms with van der Waals surface area (Å²) < 4.78 is 0. The van der Waals surface area contributed by atoms with Crippen molar-refractivity contribution in [2.24, 2.45) is 0 Å². The van der Waals surface area contributed by atoms with Crippen LogP contribution in [0.15, 0.2) is 24.3 Å². The van der Waals surface area contributed by atoms with Gasteiger partial charge in [0.25, 0.3) is 0 Å². The Balaban J connectivity index is 2.74. The fourth-order valence-corrected chi connectivity index (χ4v) is 0.895. The monoisotopic (exact) mass is 167 g/mol. The molecule has 0 aliphatic heterocycles. The van der Waals surface area contributed by atoms with Crippen molar-refractivity contribution in [3.8, 4) is 0 Å². The lowest BCUT2D eigenvalue weighted by atomic mass is 10.1. The highest BCUT2D eigenvalue weighted by Gasteiger charge is 2.23. The Morgan fingerprint density at radius 1 is 1.50 bits per heavy atom. The second kappa shape index (κ2) is 2.91. The van der Waals surface area contributed by atoms with Crippen LogP contribution in [0.4, 0.5) is 0 Å². The lowest BCUT2D eigenvalue weighted by Gasteiger charge is -2.22. The van der Waals surface area contributed by atoms with Crippen molar-refractivity contribution in [2.75, 3.05) is 0 Å². The molecular formula is C8H9NO3. The summed E-state index contributed by atoms with van der Waals surface area (Å²) in [5.74, 6) is -0.564. The molecule has 0 heterocycles. The molecule has 0 aromatic carbocycles. The van der Waals surface area contributed by atoms with Gasteiger partial charge in [0.2, 0.25) is 5.91 Å². The maximum absolute atomic E-state index is 10.6. The van der Waals surface area contributed by atoms with Gasteiger partial charge in [0.1, 0.15) is 0 Å². The van der Waals surface area contributed by atoms with E-state index >= 15 is 0 Å². The van der Waals surface area contributed by atoms with E-state index in [0.717, 1.165) is 0 Å². The van der Waals surface area contributed by atoms with Gasteiger partial charge in [0.15, 0.2) is 11.5 Å². The van der Waals surface area contributed by atoms with E-state index in [2.05, 4.69) is 5.32 Å². The van der Waals surface area contributed by atoms with E-state index in [1.165, 1.54) is 31.2 Å². The molecule has 12 heavy (non-hydrogen) atoms. The lowest BCUT2D eigenvalue weighted by Crippen LogP contribution is -2.45. The highest BCUT2D eigenvalue weighted by molar-refractivity contribution is 6.00. The molecule has 0 aromatic heterocycles. The third-order valence-corrected chi connectivity index (χ3v) is 1.38. The molecule has 0 bridgehead atoms. The molecule has 0 spiro atoms. The average molecular weight is 167 g/mol. The molecule has 64 valence electrons. The first-order valence-corrected chi connectivity index (χ1v) is 3.45. The third-order valence-electron chi connectivity index (χ3n) is 1.38. The molecule has 2 N–H and O–H groups in total. The zero-order chi connectivity index (χ0) is 9.19. The Bertz CT molecular complexity index is 262. The van der Waals surface area contributed by atoms with E-state index in [4.69, 9.17) is 0 Å². The number of hydrogen-bond acceptors (Lipinski definition) is 3. The molecule has 0 atom stereocenters. The minimum absolute atomic E-state index is 0.204. The summed E-state index contributed by atoms with van der Waals surface area (Å²) in [4.78, 5) is 21.2. The van der Waals surface area contributed by atoms with Crippen LogP contribution >= 0.6 is 0 Å². The van der Waals surface area contributed by atoms with Crippen LogP contribution in [-0.4, -0.2) is 22.5 Å². The highest BCUT2D eigenvalue weighted by atomic mass is 16.3. The van der Waals surface area contributed by atoms with E-state index in [-0.39, 0.29) is 11.7 Å². The largest absolute Gasteiger partial charge is 0.364 e. The van der Waals surface area contributed by atoms with E-state index in [9.17, 15) is 14.7 Å². The zero-order valence-electron chi connectivity index (χ0n) is 6.57. The van der Waals surface area contributed by atoms with Gasteiger partial charge in [-0.05, 0) is 24.3 Å². The summed E-state index contributed by atoms with van der Waals surface area (Å²) >= 11 is 0. The second-order valence-electron chi connectivity index (χ2n) is 2.58. The van der Waals surface area contributed by atoms with E-state index in [1.54, 1.807) is 0 Å². The summed E-state index contributed by atoms with van der Waals surface area (Å²) in [7, 11) is 0. The Morgan fingerprint density at radius 2 is 2.00 bits per heavy atom. The number of nitrogens with one attached hydrogen (secondary N) is 1. The van der Waals surface area contributed by atoms with Gasteiger partial charge >= 0.3 is 0 Å². The van der Waals surface area contributed by atoms with Crippen LogP contribution in [0.25, 0.3) is 0 Å². The fourth-order valence-electron chi connectivity index (χ4n) is 0.895. The van der Waals surface area contributed by atoms with E-state index < -0.39 is 5.72 Å². The quantitative estimate of drug-likeness (QED) is 0.518. The summed E-state index contributed by atoms with van der Waals surface area (Å²) in [5.41, 5.74) is -1.50. The van der Waals surface area contributed by atoms with E-state index in [0.29, 0.717) is 0 Å². The number of amides is 1. The van der Waals surface area contributed by atoms with Crippen LogP contribution in [0.3, 0.4) is 0 Å². The van der Waals surface area contributed by atoms with Crippen LogP contribution in [0.2, 0.25) is 0 Å². The zero-order valence-corrected chi connectivity index (χ0v) is 6.57. The first-order chi connectivity index (χ1) is 5.52. The minimum Gasteiger partial charge on any atom is -0.364 e. The molecule has 1 amide bonds. The predicted octanol–water partition coefficient (Wildman–Crippen LogP) is -0.494. The molecule has 0 radical (unpaired) electrons. The average Bonchev–Trinajstić information content (AvgIpc) is 1.94. The number of ketones is 1. The van der Waals surface area contributed by atoms with Gasteiger partial charge in [0.05, 0.1) is 0 Å². The van der Waals surface area contributed by atoms with Gasteiger partial charge in [-0.3, -0.25) is 9.59 Å². The van der Waals surface area contributed by atoms with Crippen molar-refractivity contribution < 1.29 is 14.7 Å². The summed E-state index contributed by atoms with van der Waals surface area (Å²) in [6, 6.07) is 0. The maximum Gasteiger partial charge on any atom is 0.219 e. The van der Waals surface area contributed by atoms with Gasteiger partial charge in [-0.15, -0.1) is 0 Å². The third kappa shape index (κ3) is 2.03. The SMILES string of the molecule is CC(=O)NC1(O)C=CC(=O)C=C1. The Labute approximate surface area is 69.6 Å². The molecule has 0 saturated heterocycles. The first kappa shape index (κ1) is 8.67. The molecule has 1 aliphatic carbocycles. The van der Waals surface area contributed by atoms with Gasteiger partial charge < -0.3 is 10.4 Å². The molecule has 4 heteroatoms. The smallest absolute Gasteiger partial charge is 0.219 e. The van der Waals surface area contributed by atoms with Gasteiger partial charge in [0, 0.05) is 6.92 Å². The summed E-state index contributed by atoms with van der Waals surface area (Å²) in [6.45, 7) is 1.29. The Morgan fingerprint density at radius 3 is 2.42 bits per heavy atom. The van der Waals surface area contributed by atoms with Crippen molar-refractivity contribution >= 4 is 11.7 Å². The summed E-state index contributed by atoms with van der Waals surface area (Å²) in [6.07, 6.45) is 4.87. The van der Waals surface area contributed by atoms with Crippen molar-refractivity contribution in [3.63, 3.8) is 0 Å². The fraction of sp³-hybridized carbons (Fsp3) is 0.250. The van der Waals surface area contributed by atoms with Gasteiger partial charge in [-0.1, -0.05) is 0 Å². The second-order valence-corrected chi connectivity index (χ2v) is 2.58. The van der Waals surface area contributed by atoms with Crippen LogP contribution in [0.1, 0.15) is 6.92 Å². The molecular weight excluding hydrogens is 158 g/mol. The van der Waals surface area contributed by atoms with Crippen molar-refractivity contribution in [2.45, 2.75) is 12.6 Å². The predicted molar refractivity (Wildman–Crippen MR) is 42.1 cm³/mol. The molecule has 0 aromatic rings. The van der Waals surface area contributed by atoms with Crippen molar-refractivity contribution in [1.82, 2.24) is 5.32 Å². The number of allylic oxidation sites excluding steroid dienone is 2. The Hall–Kier alpha value is -1.42. The van der Waals surface area contributed by atoms with Crippen LogP contribution in [-0.2, 0) is 9.59 Å². The van der Waals surface area contributed by atoms with Crippen molar-refractivity contribution in [3.05, 3.63) is 24.3 Å². The van der Waals surface area contributed by atoms with E-state index in [1.807, 2.05) is 0 Å². The summed E-state index contributed by atoms with van der Waals surface area (Å²) in [5, 5.41) is 11.8. The van der Waals surface area contributed by atoms with Crippen LogP contribution in [0, 0.1) is 0 Å². The number of carbonyl (C=O) groups is 2. The minimum atomic E-state index is -1.50. The topological polar surface area (TPSA) is 66.4 Å². The lowest BCUT2D eigenvalue weighted by molar-refractivity contribution is -0.123. The number of carbonyl (C=O) groups excluding carboxylic acids is 2. The molecule has 0 fully saturated rings. The first-order valence-electron chi connectivity index (χ1n) is 3.45. The number of aliphatic hydroxyl groups is 1. The number of hydrogen-bond donors (Lipinski definition) is 2. The highest BCUT2D eigenvalue weighted by Crippen LogP contribution is 2.09. The van der Waals surface area contributed by atoms with Gasteiger partial charge in [-0.2, -0.15) is 0 Å². The Kier molecular flexibility index (Phi) is 2.10. The number of rotatable bonds is 1. The normalized spacial score (nSPS) is 19.3. The van der Waals surface area contributed by atoms with Crippen LogP contribution < -0.4 is 5.32 Å². The molecule has 0 saturated carbocycles. The molecule has 4 nitrogen and oxygen atoms in total. The van der Waals surface area contributed by atoms with Gasteiger partial charge in [-0.25, -0.2) is 0 Å². The standard InChI is InChI=1S/C8H9NO3/c1-6(10)9-8(12)4-2-7(11)3-5-8/h2-5,12H,1H3,(H,9,10). The van der Waals surface area contributed by atoms with Crippen molar-refractivity contribution in [1.29, 1.82) is 0 Å². The maximum atomic E-state index is 10.6. The molecule has 0 unspecified atom stereocenters. The molecule has 1 aliphatic rings. The van der Waals surface area contributed by atoms with Crippen LogP contribution in [0.5, 0.6) is 0 Å². The molecule has 1 rings (SSSR count).